The number of carbonyl (C=O) groups excluding carboxylic acids is 2. The first-order valence-corrected chi connectivity index (χ1v) is 11.0. The zero-order valence-electron chi connectivity index (χ0n) is 17.0. The highest BCUT2D eigenvalue weighted by molar-refractivity contribution is 8.00. The van der Waals surface area contributed by atoms with Crippen LogP contribution in [0.4, 0.5) is 9.18 Å². The molecule has 2 atom stereocenters. The second kappa shape index (κ2) is 8.73. The van der Waals surface area contributed by atoms with E-state index in [0.29, 0.717) is 55.8 Å². The number of piperazine rings is 1. The molecule has 2 unspecified atom stereocenters. The Morgan fingerprint density at radius 2 is 2.00 bits per heavy atom. The number of hydrogen-bond acceptors (Lipinski definition) is 7. The largest absolute Gasteiger partial charge is 0.450 e. The summed E-state index contributed by atoms with van der Waals surface area (Å²) in [6.45, 7) is 5.96. The number of amides is 1. The number of nitrogens with zero attached hydrogens (tertiary/aromatic N) is 5. The van der Waals surface area contributed by atoms with Crippen molar-refractivity contribution < 1.29 is 18.7 Å². The van der Waals surface area contributed by atoms with Crippen molar-refractivity contribution in [2.75, 3.05) is 32.8 Å². The molecule has 0 aliphatic carbocycles. The van der Waals surface area contributed by atoms with Gasteiger partial charge in [0.15, 0.2) is 11.0 Å². The third-order valence-electron chi connectivity index (χ3n) is 5.37. The van der Waals surface area contributed by atoms with Crippen LogP contribution in [-0.4, -0.2) is 74.6 Å². The van der Waals surface area contributed by atoms with Crippen LogP contribution in [0.1, 0.15) is 36.1 Å². The molecule has 2 aromatic rings. The third-order valence-corrected chi connectivity index (χ3v) is 6.55. The van der Waals surface area contributed by atoms with Crippen molar-refractivity contribution in [2.24, 2.45) is 0 Å². The van der Waals surface area contributed by atoms with Crippen molar-refractivity contribution >= 4 is 23.8 Å². The maximum absolute atomic E-state index is 14.8. The fourth-order valence-electron chi connectivity index (χ4n) is 3.86. The quantitative estimate of drug-likeness (QED) is 0.717. The molecule has 3 heterocycles. The molecule has 1 saturated heterocycles. The van der Waals surface area contributed by atoms with Crippen LogP contribution in [0.25, 0.3) is 0 Å². The van der Waals surface area contributed by atoms with E-state index in [1.165, 1.54) is 22.5 Å². The molecular weight excluding hydrogens is 409 g/mol. The van der Waals surface area contributed by atoms with Crippen molar-refractivity contribution in [2.45, 2.75) is 36.7 Å². The number of benzene rings is 1. The molecule has 0 radical (unpaired) electrons. The molecule has 2 aliphatic heterocycles. The standard InChI is InChI=1S/C20H24FN5O3S/c1-3-15-22-19-26(23-15)18(27)17(30-19)16(13-7-5-6-8-14(13)21)24-9-11-25(12-10-24)20(28)29-4-2/h5-8,16-17H,3-4,9-12H2,1-2H3. The fraction of sp³-hybridized carbons (Fsp3) is 0.500. The maximum atomic E-state index is 14.8. The third kappa shape index (κ3) is 3.81. The second-order valence-corrected chi connectivity index (χ2v) is 8.25. The molecule has 4 rings (SSSR count). The summed E-state index contributed by atoms with van der Waals surface area (Å²) in [7, 11) is 0. The van der Waals surface area contributed by atoms with Crippen molar-refractivity contribution in [3.63, 3.8) is 0 Å². The van der Waals surface area contributed by atoms with Crippen LogP contribution in [0.5, 0.6) is 0 Å². The smallest absolute Gasteiger partial charge is 0.409 e. The number of carbonyl (C=O) groups is 2. The number of halogens is 1. The van der Waals surface area contributed by atoms with Gasteiger partial charge in [-0.2, -0.15) is 4.68 Å². The van der Waals surface area contributed by atoms with Crippen molar-refractivity contribution in [1.82, 2.24) is 24.6 Å². The Morgan fingerprint density at radius 3 is 2.63 bits per heavy atom. The van der Waals surface area contributed by atoms with Gasteiger partial charge in [0.1, 0.15) is 11.1 Å². The van der Waals surface area contributed by atoms with Gasteiger partial charge in [0.2, 0.25) is 0 Å². The number of hydrogen-bond donors (Lipinski definition) is 0. The average molecular weight is 434 g/mol. The van der Waals surface area contributed by atoms with E-state index in [9.17, 15) is 14.0 Å². The van der Waals surface area contributed by atoms with E-state index < -0.39 is 11.3 Å². The summed E-state index contributed by atoms with van der Waals surface area (Å²) >= 11 is 1.33. The summed E-state index contributed by atoms with van der Waals surface area (Å²) in [5, 5.41) is 4.28. The highest BCUT2D eigenvalue weighted by atomic mass is 32.2. The first kappa shape index (κ1) is 20.8. The van der Waals surface area contributed by atoms with E-state index in [1.807, 2.05) is 6.92 Å². The lowest BCUT2D eigenvalue weighted by molar-refractivity contribution is 0.0594. The van der Waals surface area contributed by atoms with Gasteiger partial charge in [0.05, 0.1) is 12.6 Å². The molecule has 30 heavy (non-hydrogen) atoms. The van der Waals surface area contributed by atoms with Crippen LogP contribution in [0.3, 0.4) is 0 Å². The van der Waals surface area contributed by atoms with Crippen LogP contribution in [0, 0.1) is 5.82 Å². The summed E-state index contributed by atoms with van der Waals surface area (Å²) in [6, 6.07) is 6.06. The highest BCUT2D eigenvalue weighted by Crippen LogP contribution is 2.41. The van der Waals surface area contributed by atoms with Crippen LogP contribution < -0.4 is 0 Å². The SMILES string of the molecule is CCOC(=O)N1CCN(C(c2ccccc2F)C2Sc3nc(CC)nn3C2=O)CC1. The summed E-state index contributed by atoms with van der Waals surface area (Å²) in [6.07, 6.45) is 0.299. The fourth-order valence-corrected chi connectivity index (χ4v) is 5.12. The Morgan fingerprint density at radius 1 is 1.27 bits per heavy atom. The van der Waals surface area contributed by atoms with Crippen LogP contribution in [0.15, 0.2) is 29.4 Å². The zero-order valence-corrected chi connectivity index (χ0v) is 17.8. The molecular formula is C20H24FN5O3S. The molecule has 1 amide bonds. The lowest BCUT2D eigenvalue weighted by atomic mass is 9.99. The molecule has 1 aromatic carbocycles. The van der Waals surface area contributed by atoms with E-state index in [0.717, 1.165) is 0 Å². The van der Waals surface area contributed by atoms with E-state index >= 15 is 0 Å². The molecule has 0 spiro atoms. The first-order chi connectivity index (χ1) is 14.5. The molecule has 160 valence electrons. The molecule has 10 heteroatoms. The Kier molecular flexibility index (Phi) is 6.05. The number of aromatic nitrogens is 3. The minimum atomic E-state index is -0.558. The van der Waals surface area contributed by atoms with Gasteiger partial charge in [-0.15, -0.1) is 5.10 Å². The number of ether oxygens (including phenoxy) is 1. The number of rotatable bonds is 5. The molecule has 0 bridgehead atoms. The lowest BCUT2D eigenvalue weighted by Gasteiger charge is -2.40. The van der Waals surface area contributed by atoms with Gasteiger partial charge in [-0.3, -0.25) is 9.69 Å². The molecule has 0 N–H and O–H groups in total. The summed E-state index contributed by atoms with van der Waals surface area (Å²) in [4.78, 5) is 33.3. The molecule has 0 saturated carbocycles. The van der Waals surface area contributed by atoms with Crippen molar-refractivity contribution in [3.8, 4) is 0 Å². The molecule has 1 aromatic heterocycles. The Balaban J connectivity index is 1.59. The summed E-state index contributed by atoms with van der Waals surface area (Å²) < 4.78 is 21.2. The van der Waals surface area contributed by atoms with Crippen LogP contribution >= 0.6 is 11.8 Å². The van der Waals surface area contributed by atoms with Gasteiger partial charge in [0.25, 0.3) is 5.91 Å². The van der Waals surface area contributed by atoms with E-state index in [1.54, 1.807) is 30.0 Å². The minimum Gasteiger partial charge on any atom is -0.450 e. The predicted molar refractivity (Wildman–Crippen MR) is 109 cm³/mol. The van der Waals surface area contributed by atoms with Gasteiger partial charge in [-0.25, -0.2) is 14.2 Å². The van der Waals surface area contributed by atoms with Crippen LogP contribution in [0.2, 0.25) is 0 Å². The van der Waals surface area contributed by atoms with Gasteiger partial charge < -0.3 is 9.64 Å². The molecule has 2 aliphatic rings. The Labute approximate surface area is 178 Å². The van der Waals surface area contributed by atoms with Gasteiger partial charge in [-0.1, -0.05) is 36.9 Å². The van der Waals surface area contributed by atoms with E-state index in [2.05, 4.69) is 15.0 Å². The molecule has 8 nitrogen and oxygen atoms in total. The van der Waals surface area contributed by atoms with Crippen LogP contribution in [-0.2, 0) is 11.2 Å². The normalized spacial score (nSPS) is 20.3. The number of thioether (sulfide) groups is 1. The van der Waals surface area contributed by atoms with E-state index in [4.69, 9.17) is 4.74 Å². The summed E-state index contributed by atoms with van der Waals surface area (Å²) in [5.41, 5.74) is 0.467. The zero-order chi connectivity index (χ0) is 21.3. The van der Waals surface area contributed by atoms with Gasteiger partial charge in [-0.05, 0) is 13.0 Å². The molecule has 1 fully saturated rings. The summed E-state index contributed by atoms with van der Waals surface area (Å²) in [5.74, 6) is 0.0773. The average Bonchev–Trinajstić information content (AvgIpc) is 3.29. The monoisotopic (exact) mass is 433 g/mol. The van der Waals surface area contributed by atoms with Gasteiger partial charge in [0, 0.05) is 38.2 Å². The van der Waals surface area contributed by atoms with Crippen molar-refractivity contribution in [3.05, 3.63) is 41.5 Å². The Bertz CT molecular complexity index is 944. The minimum absolute atomic E-state index is 0.191. The predicted octanol–water partition coefficient (Wildman–Crippen LogP) is 2.61. The topological polar surface area (TPSA) is 80.6 Å². The maximum Gasteiger partial charge on any atom is 0.409 e. The van der Waals surface area contributed by atoms with Gasteiger partial charge >= 0.3 is 6.09 Å². The lowest BCUT2D eigenvalue weighted by Crippen LogP contribution is -2.52. The second-order valence-electron chi connectivity index (χ2n) is 7.14. The van der Waals surface area contributed by atoms with E-state index in [-0.39, 0.29) is 17.8 Å². The van der Waals surface area contributed by atoms with Crippen molar-refractivity contribution in [1.29, 1.82) is 0 Å². The Hall–Kier alpha value is -2.46. The number of aryl methyl sites for hydroxylation is 1. The first-order valence-electron chi connectivity index (χ1n) is 10.1. The highest BCUT2D eigenvalue weighted by Gasteiger charge is 2.44. The number of fused-ring (bicyclic) bond motifs is 1.